The Morgan fingerprint density at radius 1 is 1.27 bits per heavy atom. The van der Waals surface area contributed by atoms with Crippen molar-refractivity contribution in [1.82, 2.24) is 19.9 Å². The van der Waals surface area contributed by atoms with Crippen molar-refractivity contribution < 1.29 is 14.8 Å². The number of carbonyl (C=O) groups is 2. The number of hydrogen-bond acceptors (Lipinski definition) is 3. The van der Waals surface area contributed by atoms with E-state index in [4.69, 9.17) is 5.21 Å². The lowest BCUT2D eigenvalue weighted by Crippen LogP contribution is -2.38. The Kier molecular flexibility index (Phi) is 3.50. The molecular weight excluding hydrogens is 284 g/mol. The summed E-state index contributed by atoms with van der Waals surface area (Å²) >= 11 is 0. The predicted molar refractivity (Wildman–Crippen MR) is 78.7 cm³/mol. The second kappa shape index (κ2) is 5.34. The Labute approximate surface area is 127 Å². The number of amides is 2. The molecule has 0 saturated carbocycles. The Balaban J connectivity index is 1.82. The van der Waals surface area contributed by atoms with E-state index in [0.29, 0.717) is 30.9 Å². The van der Waals surface area contributed by atoms with Gasteiger partial charge in [-0.15, -0.1) is 0 Å². The maximum absolute atomic E-state index is 12.6. The Bertz CT molecular complexity index is 744. The normalized spacial score (nSPS) is 13.9. The first kappa shape index (κ1) is 14.4. The lowest BCUT2D eigenvalue weighted by molar-refractivity contribution is 0.0699. The molecule has 0 unspecified atom stereocenters. The van der Waals surface area contributed by atoms with Crippen LogP contribution in [0.25, 0.3) is 0 Å². The maximum Gasteiger partial charge on any atom is 0.276 e. The van der Waals surface area contributed by atoms with Crippen molar-refractivity contribution in [3.63, 3.8) is 0 Å². The van der Waals surface area contributed by atoms with Crippen LogP contribution in [0.4, 0.5) is 0 Å². The van der Waals surface area contributed by atoms with Gasteiger partial charge in [-0.2, -0.15) is 0 Å². The van der Waals surface area contributed by atoms with Crippen LogP contribution in [0.3, 0.4) is 0 Å². The molecule has 1 aliphatic heterocycles. The summed E-state index contributed by atoms with van der Waals surface area (Å²) in [6, 6.07) is 3.64. The molecule has 3 N–H and O–H groups in total. The SMILES string of the molecule is Cc1cc(C)c(C(=O)N2CCn3cc(C(=O)NO)cc3C2)[nH]1. The molecule has 0 aromatic carbocycles. The number of aryl methyl sites for hydroxylation is 2. The molecule has 0 atom stereocenters. The van der Waals surface area contributed by atoms with E-state index < -0.39 is 5.91 Å². The van der Waals surface area contributed by atoms with Crippen LogP contribution < -0.4 is 5.48 Å². The van der Waals surface area contributed by atoms with E-state index in [-0.39, 0.29) is 5.91 Å². The number of aromatic nitrogens is 2. The van der Waals surface area contributed by atoms with Crippen LogP contribution in [0.5, 0.6) is 0 Å². The van der Waals surface area contributed by atoms with Gasteiger partial charge in [-0.05, 0) is 31.5 Å². The highest BCUT2D eigenvalue weighted by atomic mass is 16.5. The van der Waals surface area contributed by atoms with Gasteiger partial charge in [0.2, 0.25) is 0 Å². The van der Waals surface area contributed by atoms with Crippen LogP contribution in [-0.2, 0) is 13.1 Å². The van der Waals surface area contributed by atoms with Crippen molar-refractivity contribution >= 4 is 11.8 Å². The summed E-state index contributed by atoms with van der Waals surface area (Å²) in [5, 5.41) is 8.69. The number of aromatic amines is 1. The van der Waals surface area contributed by atoms with Gasteiger partial charge in [-0.1, -0.05) is 0 Å². The molecule has 1 aliphatic rings. The summed E-state index contributed by atoms with van der Waals surface area (Å²) in [6.45, 7) is 5.48. The molecule has 0 spiro atoms. The molecule has 7 nitrogen and oxygen atoms in total. The first-order chi connectivity index (χ1) is 10.5. The quantitative estimate of drug-likeness (QED) is 0.575. The van der Waals surface area contributed by atoms with Crippen LogP contribution >= 0.6 is 0 Å². The monoisotopic (exact) mass is 302 g/mol. The summed E-state index contributed by atoms with van der Waals surface area (Å²) < 4.78 is 1.93. The first-order valence-corrected chi connectivity index (χ1v) is 7.08. The standard InChI is InChI=1S/C15H18N4O3/c1-9-5-10(2)16-13(9)15(21)19-4-3-18-7-11(14(20)17-22)6-12(18)8-19/h5-7,16,22H,3-4,8H2,1-2H3,(H,17,20). The highest BCUT2D eigenvalue weighted by Crippen LogP contribution is 2.19. The topological polar surface area (TPSA) is 90.4 Å². The van der Waals surface area contributed by atoms with E-state index in [2.05, 4.69) is 4.98 Å². The van der Waals surface area contributed by atoms with E-state index in [1.807, 2.05) is 24.5 Å². The molecule has 7 heteroatoms. The number of hydrogen-bond donors (Lipinski definition) is 3. The Hall–Kier alpha value is -2.54. The van der Waals surface area contributed by atoms with Gasteiger partial charge in [0.15, 0.2) is 0 Å². The van der Waals surface area contributed by atoms with E-state index in [0.717, 1.165) is 17.0 Å². The van der Waals surface area contributed by atoms with Gasteiger partial charge in [-0.25, -0.2) is 5.48 Å². The zero-order valence-corrected chi connectivity index (χ0v) is 12.5. The third-order valence-electron chi connectivity index (χ3n) is 3.96. The fourth-order valence-electron chi connectivity index (χ4n) is 2.87. The van der Waals surface area contributed by atoms with Gasteiger partial charge in [0.05, 0.1) is 12.1 Å². The zero-order chi connectivity index (χ0) is 15.9. The number of nitrogens with one attached hydrogen (secondary N) is 2. The van der Waals surface area contributed by atoms with Crippen molar-refractivity contribution in [2.45, 2.75) is 26.9 Å². The fourth-order valence-corrected chi connectivity index (χ4v) is 2.87. The average molecular weight is 302 g/mol. The van der Waals surface area contributed by atoms with Crippen molar-refractivity contribution in [3.8, 4) is 0 Å². The Morgan fingerprint density at radius 2 is 2.05 bits per heavy atom. The van der Waals surface area contributed by atoms with Crippen LogP contribution in [0.1, 0.15) is 37.8 Å². The van der Waals surface area contributed by atoms with Gasteiger partial charge in [0.25, 0.3) is 11.8 Å². The first-order valence-electron chi connectivity index (χ1n) is 7.08. The van der Waals surface area contributed by atoms with Gasteiger partial charge in [0.1, 0.15) is 5.69 Å². The summed E-state index contributed by atoms with van der Waals surface area (Å²) in [5.74, 6) is -0.582. The van der Waals surface area contributed by atoms with Crippen molar-refractivity contribution in [2.24, 2.45) is 0 Å². The molecule has 0 fully saturated rings. The maximum atomic E-state index is 12.6. The van der Waals surface area contributed by atoms with E-state index >= 15 is 0 Å². The van der Waals surface area contributed by atoms with Crippen molar-refractivity contribution in [1.29, 1.82) is 0 Å². The summed E-state index contributed by atoms with van der Waals surface area (Å²) in [5.41, 5.74) is 5.40. The van der Waals surface area contributed by atoms with Crippen LogP contribution in [0.2, 0.25) is 0 Å². The molecule has 2 aromatic rings. The third-order valence-corrected chi connectivity index (χ3v) is 3.96. The number of H-pyrrole nitrogens is 1. The lowest BCUT2D eigenvalue weighted by Gasteiger charge is -2.28. The van der Waals surface area contributed by atoms with E-state index in [9.17, 15) is 9.59 Å². The van der Waals surface area contributed by atoms with Crippen LogP contribution in [0.15, 0.2) is 18.3 Å². The van der Waals surface area contributed by atoms with E-state index in [1.54, 1.807) is 22.6 Å². The highest BCUT2D eigenvalue weighted by Gasteiger charge is 2.25. The highest BCUT2D eigenvalue weighted by molar-refractivity contribution is 5.95. The van der Waals surface area contributed by atoms with Crippen LogP contribution in [-0.4, -0.2) is 38.0 Å². The minimum Gasteiger partial charge on any atom is -0.354 e. The fraction of sp³-hybridized carbons (Fsp3) is 0.333. The molecule has 3 rings (SSSR count). The van der Waals surface area contributed by atoms with E-state index in [1.165, 1.54) is 0 Å². The minimum absolute atomic E-state index is 0.0359. The molecule has 2 aromatic heterocycles. The second-order valence-corrected chi connectivity index (χ2v) is 5.59. The van der Waals surface area contributed by atoms with Crippen molar-refractivity contribution in [2.75, 3.05) is 6.54 Å². The lowest BCUT2D eigenvalue weighted by atomic mass is 10.2. The molecule has 0 aliphatic carbocycles. The van der Waals surface area contributed by atoms with Crippen molar-refractivity contribution in [3.05, 3.63) is 46.5 Å². The Morgan fingerprint density at radius 3 is 2.68 bits per heavy atom. The number of fused-ring (bicyclic) bond motifs is 1. The molecule has 116 valence electrons. The van der Waals surface area contributed by atoms with Gasteiger partial charge in [0, 0.05) is 30.7 Å². The predicted octanol–water partition coefficient (Wildman–Crippen LogP) is 1.21. The van der Waals surface area contributed by atoms with Gasteiger partial charge < -0.3 is 14.5 Å². The number of rotatable bonds is 2. The number of carbonyl (C=O) groups excluding carboxylic acids is 2. The molecular formula is C15H18N4O3. The number of nitrogens with zero attached hydrogens (tertiary/aromatic N) is 2. The van der Waals surface area contributed by atoms with Gasteiger partial charge in [-0.3, -0.25) is 14.8 Å². The summed E-state index contributed by atoms with van der Waals surface area (Å²) in [7, 11) is 0. The molecule has 3 heterocycles. The largest absolute Gasteiger partial charge is 0.354 e. The minimum atomic E-state index is -0.546. The molecule has 22 heavy (non-hydrogen) atoms. The second-order valence-electron chi connectivity index (χ2n) is 5.59. The number of hydroxylamine groups is 1. The molecule has 0 saturated heterocycles. The smallest absolute Gasteiger partial charge is 0.276 e. The van der Waals surface area contributed by atoms with Crippen LogP contribution in [0, 0.1) is 13.8 Å². The summed E-state index contributed by atoms with van der Waals surface area (Å²) in [6.07, 6.45) is 1.69. The molecule has 0 radical (unpaired) electrons. The summed E-state index contributed by atoms with van der Waals surface area (Å²) in [4.78, 5) is 28.9. The van der Waals surface area contributed by atoms with Gasteiger partial charge >= 0.3 is 0 Å². The zero-order valence-electron chi connectivity index (χ0n) is 12.5. The average Bonchev–Trinajstić information content (AvgIpc) is 3.07. The molecule has 2 amide bonds. The third kappa shape index (κ3) is 2.39. The molecule has 0 bridgehead atoms.